The summed E-state index contributed by atoms with van der Waals surface area (Å²) in [4.78, 5) is 9.46. The topological polar surface area (TPSA) is 13.0 Å². The molecule has 59 heavy (non-hydrogen) atoms. The summed E-state index contributed by atoms with van der Waals surface area (Å²) in [6.07, 6.45) is 9.79. The zero-order valence-corrected chi connectivity index (χ0v) is 33.0. The van der Waals surface area contributed by atoms with Crippen LogP contribution in [-0.4, -0.2) is 6.04 Å². The molecular formula is C55H46N4. The van der Waals surface area contributed by atoms with Gasteiger partial charge in [0.05, 0.1) is 6.04 Å². The van der Waals surface area contributed by atoms with Gasteiger partial charge in [0, 0.05) is 63.4 Å². The van der Waals surface area contributed by atoms with Crippen molar-refractivity contribution in [1.29, 1.82) is 0 Å². The first-order chi connectivity index (χ1) is 29.3. The number of rotatable bonds is 13. The van der Waals surface area contributed by atoms with Gasteiger partial charge < -0.3 is 19.6 Å². The third-order valence-electron chi connectivity index (χ3n) is 10.8. The summed E-state index contributed by atoms with van der Waals surface area (Å²) in [5.41, 5.74) is 12.4. The highest BCUT2D eigenvalue weighted by atomic mass is 15.2. The maximum absolute atomic E-state index is 2.44. The Labute approximate surface area is 348 Å². The van der Waals surface area contributed by atoms with E-state index in [1.807, 2.05) is 0 Å². The van der Waals surface area contributed by atoms with Crippen LogP contribution in [0.25, 0.3) is 0 Å². The summed E-state index contributed by atoms with van der Waals surface area (Å²) in [6, 6.07) is 80.2. The fourth-order valence-electron chi connectivity index (χ4n) is 7.92. The largest absolute Gasteiger partial charge is 0.337 e. The fourth-order valence-corrected chi connectivity index (χ4v) is 7.92. The van der Waals surface area contributed by atoms with Gasteiger partial charge in [-0.2, -0.15) is 0 Å². The molecule has 1 aliphatic rings. The van der Waals surface area contributed by atoms with Gasteiger partial charge in [0.2, 0.25) is 0 Å². The van der Waals surface area contributed by atoms with Crippen LogP contribution in [0.1, 0.15) is 12.0 Å². The molecule has 0 aliphatic heterocycles. The molecule has 0 saturated heterocycles. The third-order valence-corrected chi connectivity index (χ3v) is 10.8. The van der Waals surface area contributed by atoms with E-state index in [0.717, 1.165) is 64.2 Å². The molecule has 0 amide bonds. The van der Waals surface area contributed by atoms with Gasteiger partial charge in [0.1, 0.15) is 0 Å². The van der Waals surface area contributed by atoms with Gasteiger partial charge in [-0.15, -0.1) is 0 Å². The molecule has 0 heterocycles. The van der Waals surface area contributed by atoms with Crippen LogP contribution in [0.15, 0.2) is 249 Å². The van der Waals surface area contributed by atoms with Crippen LogP contribution in [-0.2, 0) is 6.54 Å². The Hall–Kier alpha value is -7.56. The molecular weight excluding hydrogens is 717 g/mol. The Kier molecular flexibility index (Phi) is 11.1. The first-order valence-corrected chi connectivity index (χ1v) is 20.3. The lowest BCUT2D eigenvalue weighted by Gasteiger charge is -2.33. The number of hydrogen-bond donors (Lipinski definition) is 0. The predicted molar refractivity (Wildman–Crippen MR) is 250 cm³/mol. The van der Waals surface area contributed by atoms with E-state index < -0.39 is 0 Å². The molecule has 1 aliphatic carbocycles. The Morgan fingerprint density at radius 2 is 0.644 bits per heavy atom. The number of anilines is 10. The van der Waals surface area contributed by atoms with E-state index in [-0.39, 0.29) is 6.04 Å². The second kappa shape index (κ2) is 17.7. The van der Waals surface area contributed by atoms with Crippen LogP contribution in [0.2, 0.25) is 0 Å². The van der Waals surface area contributed by atoms with Crippen molar-refractivity contribution >= 4 is 56.9 Å². The van der Waals surface area contributed by atoms with Gasteiger partial charge in [0.15, 0.2) is 0 Å². The Balaban J connectivity index is 1.08. The van der Waals surface area contributed by atoms with Gasteiger partial charge in [-0.05, 0) is 133 Å². The number of para-hydroxylation sites is 5. The second-order valence-corrected chi connectivity index (χ2v) is 14.6. The lowest BCUT2D eigenvalue weighted by atomic mass is 10.0. The van der Waals surface area contributed by atoms with Gasteiger partial charge >= 0.3 is 0 Å². The molecule has 0 fully saturated rings. The van der Waals surface area contributed by atoms with Crippen LogP contribution in [0.4, 0.5) is 56.9 Å². The normalized spacial score (nSPS) is 13.1. The maximum Gasteiger partial charge on any atom is 0.0559 e. The van der Waals surface area contributed by atoms with E-state index in [1.54, 1.807) is 0 Å². The lowest BCUT2D eigenvalue weighted by Crippen LogP contribution is -2.29. The third kappa shape index (κ3) is 8.44. The Bertz CT molecular complexity index is 2500. The van der Waals surface area contributed by atoms with Crippen molar-refractivity contribution in [3.05, 3.63) is 254 Å². The molecule has 0 N–H and O–H groups in total. The van der Waals surface area contributed by atoms with Crippen molar-refractivity contribution in [2.24, 2.45) is 0 Å². The summed E-state index contributed by atoms with van der Waals surface area (Å²) < 4.78 is 0. The smallest absolute Gasteiger partial charge is 0.0559 e. The van der Waals surface area contributed by atoms with E-state index in [2.05, 4.69) is 268 Å². The van der Waals surface area contributed by atoms with Crippen LogP contribution < -0.4 is 19.6 Å². The predicted octanol–water partition coefficient (Wildman–Crippen LogP) is 15.0. The average molecular weight is 763 g/mol. The van der Waals surface area contributed by atoms with Crippen LogP contribution in [0.5, 0.6) is 0 Å². The van der Waals surface area contributed by atoms with E-state index in [0.29, 0.717) is 0 Å². The van der Waals surface area contributed by atoms with Gasteiger partial charge in [-0.3, -0.25) is 0 Å². The van der Waals surface area contributed by atoms with E-state index in [1.165, 1.54) is 11.3 Å². The lowest BCUT2D eigenvalue weighted by molar-refractivity contribution is 0.785. The molecule has 0 radical (unpaired) electrons. The highest BCUT2D eigenvalue weighted by molar-refractivity contribution is 5.82. The molecule has 0 saturated carbocycles. The van der Waals surface area contributed by atoms with Crippen molar-refractivity contribution in [3.8, 4) is 0 Å². The molecule has 4 nitrogen and oxygen atoms in total. The summed E-state index contributed by atoms with van der Waals surface area (Å²) in [5, 5.41) is 0. The van der Waals surface area contributed by atoms with Crippen LogP contribution in [0.3, 0.4) is 0 Å². The average Bonchev–Trinajstić information content (AvgIpc) is 3.32. The zero-order valence-electron chi connectivity index (χ0n) is 33.0. The summed E-state index contributed by atoms with van der Waals surface area (Å²) in [5.74, 6) is 0. The fraction of sp³-hybridized carbons (Fsp3) is 0.0545. The highest BCUT2D eigenvalue weighted by Crippen LogP contribution is 2.41. The Morgan fingerprint density at radius 1 is 0.322 bits per heavy atom. The standard InChI is InChI=1S/C55H46N4/c1-7-19-45(20-8-1)56(46-21-9-2-10-22-46)43-44-31-33-51(34-32-44)59(54-39-35-52(36-40-54)57(47-23-11-3-12-24-47)48-25-13-4-14-26-48)55-41-37-53(38-42-55)58(49-27-15-5-16-28-49)50-29-17-6-18-30-50/h1-29,31-42,50H,30,43H2. The molecule has 9 rings (SSSR count). The number of benzene rings is 8. The Morgan fingerprint density at radius 3 is 1.03 bits per heavy atom. The van der Waals surface area contributed by atoms with E-state index >= 15 is 0 Å². The van der Waals surface area contributed by atoms with Gasteiger partial charge in [-0.25, -0.2) is 0 Å². The minimum absolute atomic E-state index is 0.230. The summed E-state index contributed by atoms with van der Waals surface area (Å²) in [7, 11) is 0. The quantitative estimate of drug-likeness (QED) is 0.116. The van der Waals surface area contributed by atoms with Crippen molar-refractivity contribution < 1.29 is 0 Å². The molecule has 4 heteroatoms. The van der Waals surface area contributed by atoms with E-state index in [4.69, 9.17) is 0 Å². The van der Waals surface area contributed by atoms with Crippen molar-refractivity contribution in [2.75, 3.05) is 19.6 Å². The van der Waals surface area contributed by atoms with E-state index in [9.17, 15) is 0 Å². The summed E-state index contributed by atoms with van der Waals surface area (Å²) >= 11 is 0. The van der Waals surface area contributed by atoms with Gasteiger partial charge in [0.25, 0.3) is 0 Å². The monoisotopic (exact) mass is 762 g/mol. The van der Waals surface area contributed by atoms with Crippen LogP contribution >= 0.6 is 0 Å². The molecule has 286 valence electrons. The molecule has 0 aromatic heterocycles. The number of nitrogens with zero attached hydrogens (tertiary/aromatic N) is 4. The first kappa shape index (κ1) is 37.0. The molecule has 1 unspecified atom stereocenters. The highest BCUT2D eigenvalue weighted by Gasteiger charge is 2.21. The van der Waals surface area contributed by atoms with Gasteiger partial charge in [-0.1, -0.05) is 127 Å². The molecule has 8 aromatic rings. The maximum atomic E-state index is 2.44. The SMILES string of the molecule is C1=CCC(N(c2ccccc2)c2ccc(N(c3ccc(CN(c4ccccc4)c4ccccc4)cc3)c3ccc(N(c4ccccc4)c4ccccc4)cc3)cc2)C=C1. The first-order valence-electron chi connectivity index (χ1n) is 20.3. The number of hydrogen-bond acceptors (Lipinski definition) is 4. The minimum atomic E-state index is 0.230. The van der Waals surface area contributed by atoms with Crippen molar-refractivity contribution in [1.82, 2.24) is 0 Å². The van der Waals surface area contributed by atoms with Crippen molar-refractivity contribution in [3.63, 3.8) is 0 Å². The minimum Gasteiger partial charge on any atom is -0.337 e. The second-order valence-electron chi connectivity index (χ2n) is 14.6. The molecule has 0 spiro atoms. The molecule has 8 aromatic carbocycles. The molecule has 1 atom stereocenters. The van der Waals surface area contributed by atoms with Crippen LogP contribution in [0, 0.1) is 0 Å². The van der Waals surface area contributed by atoms with Crippen molar-refractivity contribution in [2.45, 2.75) is 19.0 Å². The number of allylic oxidation sites excluding steroid dienone is 2. The zero-order chi connectivity index (χ0) is 39.6. The summed E-state index contributed by atoms with van der Waals surface area (Å²) in [6.45, 7) is 0.743. The molecule has 0 bridgehead atoms.